The summed E-state index contributed by atoms with van der Waals surface area (Å²) in [5, 5.41) is 0. The first-order valence-corrected chi connectivity index (χ1v) is 2.16. The second-order valence-corrected chi connectivity index (χ2v) is 1.35. The van der Waals surface area contributed by atoms with Crippen molar-refractivity contribution < 1.29 is 4.84 Å². The molecule has 0 amide bonds. The smallest absolute Gasteiger partial charge is 0.0756 e. The van der Waals surface area contributed by atoms with Gasteiger partial charge in [-0.1, -0.05) is 6.92 Å². The Morgan fingerprint density at radius 2 is 2.14 bits per heavy atom. The molecular weight excluding hydrogens is 114 g/mol. The second-order valence-electron chi connectivity index (χ2n) is 1.35. The van der Waals surface area contributed by atoms with Crippen LogP contribution in [0.1, 0.15) is 20.3 Å². The monoisotopic (exact) mass is 125 g/mol. The minimum atomic E-state index is 0. The van der Waals surface area contributed by atoms with Gasteiger partial charge in [0.15, 0.2) is 0 Å². The lowest BCUT2D eigenvalue weighted by molar-refractivity contribution is 0.0642. The average Bonchev–Trinajstić information content (AvgIpc) is 1.65. The van der Waals surface area contributed by atoms with E-state index in [1.165, 1.54) is 0 Å². The predicted molar refractivity (Wildman–Crippen MR) is 32.3 cm³/mol. The number of nitrogens with two attached hydrogens (primary N) is 1. The van der Waals surface area contributed by atoms with Crippen molar-refractivity contribution in [3.05, 3.63) is 0 Å². The molecule has 1 unspecified atom stereocenters. The summed E-state index contributed by atoms with van der Waals surface area (Å²) in [4.78, 5) is 4.40. The average molecular weight is 126 g/mol. The highest BCUT2D eigenvalue weighted by Crippen LogP contribution is 1.87. The summed E-state index contributed by atoms with van der Waals surface area (Å²) in [6.07, 6.45) is 1.20. The standard InChI is InChI=1S/C4H11NO.ClH/c1-3-4(2)6-5;/h4H,3,5H2,1-2H3;1H. The van der Waals surface area contributed by atoms with Crippen LogP contribution in [0.3, 0.4) is 0 Å². The molecule has 0 spiro atoms. The van der Waals surface area contributed by atoms with E-state index in [-0.39, 0.29) is 18.5 Å². The molecule has 0 aromatic rings. The molecule has 1 atom stereocenters. The van der Waals surface area contributed by atoms with Crippen LogP contribution in [0.5, 0.6) is 0 Å². The van der Waals surface area contributed by atoms with Crippen molar-refractivity contribution in [1.82, 2.24) is 0 Å². The molecular formula is C4H12ClNO. The Morgan fingerprint density at radius 1 is 1.71 bits per heavy atom. The Kier molecular flexibility index (Phi) is 9.09. The third kappa shape index (κ3) is 6.21. The topological polar surface area (TPSA) is 35.2 Å². The summed E-state index contributed by atoms with van der Waals surface area (Å²) in [6, 6.07) is 0. The number of hydrogen-bond acceptors (Lipinski definition) is 2. The Balaban J connectivity index is 0. The highest BCUT2D eigenvalue weighted by Gasteiger charge is 1.89. The first kappa shape index (κ1) is 10.2. The first-order valence-electron chi connectivity index (χ1n) is 2.16. The van der Waals surface area contributed by atoms with Crippen LogP contribution >= 0.6 is 12.4 Å². The van der Waals surface area contributed by atoms with Gasteiger partial charge >= 0.3 is 0 Å². The largest absolute Gasteiger partial charge is 0.302 e. The van der Waals surface area contributed by atoms with Crippen LogP contribution in [-0.2, 0) is 4.84 Å². The lowest BCUT2D eigenvalue weighted by atomic mass is 10.3. The zero-order valence-electron chi connectivity index (χ0n) is 4.68. The van der Waals surface area contributed by atoms with E-state index in [9.17, 15) is 0 Å². The van der Waals surface area contributed by atoms with Crippen molar-refractivity contribution in [2.45, 2.75) is 26.4 Å². The Labute approximate surface area is 50.4 Å². The Morgan fingerprint density at radius 3 is 2.14 bits per heavy atom. The van der Waals surface area contributed by atoms with Gasteiger partial charge in [-0.2, -0.15) is 0 Å². The van der Waals surface area contributed by atoms with E-state index in [1.54, 1.807) is 0 Å². The van der Waals surface area contributed by atoms with Crippen LogP contribution in [0, 0.1) is 0 Å². The molecule has 2 N–H and O–H groups in total. The Bertz CT molecular complexity index is 30.9. The molecule has 0 aliphatic heterocycles. The lowest BCUT2D eigenvalue weighted by Crippen LogP contribution is -2.10. The van der Waals surface area contributed by atoms with Crippen LogP contribution in [0.25, 0.3) is 0 Å². The van der Waals surface area contributed by atoms with Crippen LogP contribution in [-0.4, -0.2) is 6.10 Å². The van der Waals surface area contributed by atoms with Gasteiger partial charge < -0.3 is 4.84 Å². The second kappa shape index (κ2) is 6.21. The van der Waals surface area contributed by atoms with Crippen LogP contribution < -0.4 is 5.90 Å². The number of halogens is 1. The quantitative estimate of drug-likeness (QED) is 0.561. The van der Waals surface area contributed by atoms with E-state index >= 15 is 0 Å². The minimum Gasteiger partial charge on any atom is -0.302 e. The minimum absolute atomic E-state index is 0. The fraction of sp³-hybridized carbons (Fsp3) is 1.00. The summed E-state index contributed by atoms with van der Waals surface area (Å²) in [5.41, 5.74) is 0. The molecule has 0 aliphatic carbocycles. The molecule has 46 valence electrons. The van der Waals surface area contributed by atoms with Crippen LogP contribution in [0.2, 0.25) is 0 Å². The van der Waals surface area contributed by atoms with E-state index in [2.05, 4.69) is 4.84 Å². The summed E-state index contributed by atoms with van der Waals surface area (Å²) >= 11 is 0. The molecule has 0 rings (SSSR count). The van der Waals surface area contributed by atoms with Gasteiger partial charge in [0.1, 0.15) is 0 Å². The number of hydrogen-bond donors (Lipinski definition) is 1. The maximum atomic E-state index is 4.78. The van der Waals surface area contributed by atoms with Crippen molar-refractivity contribution >= 4 is 12.4 Å². The molecule has 7 heavy (non-hydrogen) atoms. The van der Waals surface area contributed by atoms with Crippen molar-refractivity contribution in [3.8, 4) is 0 Å². The molecule has 2 nitrogen and oxygen atoms in total. The van der Waals surface area contributed by atoms with Gasteiger partial charge in [0.2, 0.25) is 0 Å². The highest BCUT2D eigenvalue weighted by molar-refractivity contribution is 5.85. The van der Waals surface area contributed by atoms with Crippen LogP contribution in [0.15, 0.2) is 0 Å². The molecule has 0 heterocycles. The number of rotatable bonds is 2. The van der Waals surface area contributed by atoms with Crippen molar-refractivity contribution in [2.75, 3.05) is 0 Å². The highest BCUT2D eigenvalue weighted by atomic mass is 35.5. The molecule has 3 heteroatoms. The molecule has 0 fully saturated rings. The fourth-order valence-corrected chi connectivity index (χ4v) is 0.0962. The van der Waals surface area contributed by atoms with Gasteiger partial charge in [-0.15, -0.1) is 12.4 Å². The van der Waals surface area contributed by atoms with E-state index in [0.29, 0.717) is 0 Å². The summed E-state index contributed by atoms with van der Waals surface area (Å²) in [6.45, 7) is 3.96. The maximum absolute atomic E-state index is 4.78. The van der Waals surface area contributed by atoms with Crippen molar-refractivity contribution in [1.29, 1.82) is 0 Å². The molecule has 0 saturated heterocycles. The van der Waals surface area contributed by atoms with E-state index in [1.807, 2.05) is 13.8 Å². The molecule has 0 aromatic heterocycles. The zero-order valence-corrected chi connectivity index (χ0v) is 5.49. The summed E-state index contributed by atoms with van der Waals surface area (Å²) < 4.78 is 0. The van der Waals surface area contributed by atoms with Gasteiger partial charge in [-0.25, -0.2) is 5.90 Å². The van der Waals surface area contributed by atoms with Crippen molar-refractivity contribution in [2.24, 2.45) is 5.90 Å². The molecule has 0 aliphatic rings. The lowest BCUT2D eigenvalue weighted by Gasteiger charge is -2.00. The normalized spacial score (nSPS) is 12.4. The molecule has 0 radical (unpaired) electrons. The van der Waals surface area contributed by atoms with E-state index in [4.69, 9.17) is 5.90 Å². The summed E-state index contributed by atoms with van der Waals surface area (Å²) in [7, 11) is 0. The zero-order chi connectivity index (χ0) is 4.99. The van der Waals surface area contributed by atoms with E-state index < -0.39 is 0 Å². The molecule has 0 bridgehead atoms. The van der Waals surface area contributed by atoms with E-state index in [0.717, 1.165) is 6.42 Å². The maximum Gasteiger partial charge on any atom is 0.0756 e. The van der Waals surface area contributed by atoms with Gasteiger partial charge in [-0.05, 0) is 13.3 Å². The third-order valence-electron chi connectivity index (χ3n) is 0.807. The third-order valence-corrected chi connectivity index (χ3v) is 0.807. The van der Waals surface area contributed by atoms with Gasteiger partial charge in [0, 0.05) is 0 Å². The van der Waals surface area contributed by atoms with Gasteiger partial charge in [0.05, 0.1) is 6.10 Å². The predicted octanol–water partition coefficient (Wildman–Crippen LogP) is 1.10. The first-order chi connectivity index (χ1) is 2.81. The fourth-order valence-electron chi connectivity index (χ4n) is 0.0962. The Hall–Kier alpha value is 0.210. The summed E-state index contributed by atoms with van der Waals surface area (Å²) in [5.74, 6) is 4.78. The van der Waals surface area contributed by atoms with Gasteiger partial charge in [0.25, 0.3) is 0 Å². The molecule has 0 saturated carbocycles. The van der Waals surface area contributed by atoms with Crippen LogP contribution in [0.4, 0.5) is 0 Å². The molecule has 0 aromatic carbocycles. The van der Waals surface area contributed by atoms with Crippen molar-refractivity contribution in [3.63, 3.8) is 0 Å². The van der Waals surface area contributed by atoms with Gasteiger partial charge in [-0.3, -0.25) is 0 Å². The SMILES string of the molecule is CCC(C)ON.Cl.